The molecule has 21 heavy (non-hydrogen) atoms. The molecule has 0 aliphatic heterocycles. The zero-order valence-corrected chi connectivity index (χ0v) is 11.9. The highest BCUT2D eigenvalue weighted by Gasteiger charge is 2.12. The van der Waals surface area contributed by atoms with Gasteiger partial charge in [0.05, 0.1) is 12.7 Å². The highest BCUT2D eigenvalue weighted by Crippen LogP contribution is 2.25. The van der Waals surface area contributed by atoms with Crippen molar-refractivity contribution in [1.29, 1.82) is 0 Å². The lowest BCUT2D eigenvalue weighted by molar-refractivity contribution is 0.101. The number of hydrogen-bond acceptors (Lipinski definition) is 4. The van der Waals surface area contributed by atoms with Gasteiger partial charge in [-0.15, -0.1) is 0 Å². The highest BCUT2D eigenvalue weighted by molar-refractivity contribution is 5.97. The van der Waals surface area contributed by atoms with Gasteiger partial charge in [0.1, 0.15) is 12.4 Å². The average molecular weight is 289 g/mol. The topological polar surface area (TPSA) is 61.6 Å². The Kier molecular flexibility index (Phi) is 4.42. The highest BCUT2D eigenvalue weighted by atomic mass is 19.1. The maximum Gasteiger partial charge on any atom is 0.171 e. The summed E-state index contributed by atoms with van der Waals surface area (Å²) >= 11 is 0. The summed E-state index contributed by atoms with van der Waals surface area (Å²) in [5.41, 5.74) is 6.84. The van der Waals surface area contributed by atoms with E-state index in [9.17, 15) is 9.18 Å². The van der Waals surface area contributed by atoms with Crippen molar-refractivity contribution >= 4 is 11.5 Å². The van der Waals surface area contributed by atoms with Gasteiger partial charge in [-0.3, -0.25) is 4.79 Å². The second-order valence-electron chi connectivity index (χ2n) is 4.53. The summed E-state index contributed by atoms with van der Waals surface area (Å²) in [7, 11) is 1.40. The van der Waals surface area contributed by atoms with Crippen LogP contribution >= 0.6 is 0 Å². The molecule has 0 amide bonds. The number of nitrogens with two attached hydrogens (primary N) is 1. The fourth-order valence-corrected chi connectivity index (χ4v) is 1.93. The number of nitrogen functional groups attached to an aromatic ring is 1. The van der Waals surface area contributed by atoms with Gasteiger partial charge in [-0.1, -0.05) is 12.1 Å². The van der Waals surface area contributed by atoms with E-state index in [1.54, 1.807) is 30.3 Å². The molecule has 2 aromatic carbocycles. The summed E-state index contributed by atoms with van der Waals surface area (Å²) in [6, 6.07) is 9.58. The van der Waals surface area contributed by atoms with E-state index in [0.717, 1.165) is 0 Å². The molecule has 0 spiro atoms. The van der Waals surface area contributed by atoms with Gasteiger partial charge in [-0.25, -0.2) is 4.39 Å². The number of hydrogen-bond donors (Lipinski definition) is 1. The molecule has 2 rings (SSSR count). The second kappa shape index (κ2) is 6.26. The third-order valence-electron chi connectivity index (χ3n) is 3.03. The van der Waals surface area contributed by atoms with Crippen LogP contribution in [-0.2, 0) is 6.61 Å². The zero-order chi connectivity index (χ0) is 15.4. The van der Waals surface area contributed by atoms with E-state index < -0.39 is 5.82 Å². The van der Waals surface area contributed by atoms with Crippen molar-refractivity contribution in [2.24, 2.45) is 0 Å². The minimum atomic E-state index is -0.472. The second-order valence-corrected chi connectivity index (χ2v) is 4.53. The smallest absolute Gasteiger partial charge is 0.171 e. The van der Waals surface area contributed by atoms with Crippen molar-refractivity contribution < 1.29 is 18.7 Å². The summed E-state index contributed by atoms with van der Waals surface area (Å²) < 4.78 is 24.5. The zero-order valence-electron chi connectivity index (χ0n) is 11.9. The summed E-state index contributed by atoms with van der Waals surface area (Å²) in [6.07, 6.45) is 0. The SMILES string of the molecule is COc1cccc(COc2ccc(N)cc2C(C)=O)c1F. The van der Waals surface area contributed by atoms with Crippen LogP contribution in [-0.4, -0.2) is 12.9 Å². The number of ether oxygens (including phenoxy) is 2. The molecule has 2 aromatic rings. The van der Waals surface area contributed by atoms with Gasteiger partial charge in [0.25, 0.3) is 0 Å². The predicted molar refractivity (Wildman–Crippen MR) is 78.1 cm³/mol. The number of ketones is 1. The van der Waals surface area contributed by atoms with Gasteiger partial charge in [-0.05, 0) is 31.2 Å². The van der Waals surface area contributed by atoms with Crippen molar-refractivity contribution in [3.05, 3.63) is 53.3 Å². The molecular weight excluding hydrogens is 273 g/mol. The fraction of sp³-hybridized carbons (Fsp3) is 0.188. The first kappa shape index (κ1) is 14.8. The normalized spacial score (nSPS) is 10.2. The number of benzene rings is 2. The van der Waals surface area contributed by atoms with Crippen LogP contribution in [0.4, 0.5) is 10.1 Å². The number of anilines is 1. The van der Waals surface area contributed by atoms with Crippen molar-refractivity contribution in [2.45, 2.75) is 13.5 Å². The first-order chi connectivity index (χ1) is 10.0. The van der Waals surface area contributed by atoms with Gasteiger partial charge in [0, 0.05) is 11.3 Å². The maximum absolute atomic E-state index is 14.0. The predicted octanol–water partition coefficient (Wildman–Crippen LogP) is 3.20. The van der Waals surface area contributed by atoms with E-state index in [2.05, 4.69) is 0 Å². The lowest BCUT2D eigenvalue weighted by atomic mass is 10.1. The maximum atomic E-state index is 14.0. The quantitative estimate of drug-likeness (QED) is 0.678. The van der Waals surface area contributed by atoms with Crippen LogP contribution in [0, 0.1) is 5.82 Å². The Hall–Kier alpha value is -2.56. The summed E-state index contributed by atoms with van der Waals surface area (Å²) in [4.78, 5) is 11.6. The van der Waals surface area contributed by atoms with Gasteiger partial charge in [-0.2, -0.15) is 0 Å². The molecule has 5 heteroatoms. The van der Waals surface area contributed by atoms with Crippen LogP contribution in [0.5, 0.6) is 11.5 Å². The monoisotopic (exact) mass is 289 g/mol. The molecule has 0 fully saturated rings. The Morgan fingerprint density at radius 3 is 2.67 bits per heavy atom. The molecule has 0 aliphatic carbocycles. The standard InChI is InChI=1S/C16H16FNO3/c1-10(19)13-8-12(18)6-7-14(13)21-9-11-4-3-5-15(20-2)16(11)17/h3-8H,9,18H2,1-2H3. The Labute approximate surface area is 122 Å². The fourth-order valence-electron chi connectivity index (χ4n) is 1.93. The molecule has 4 nitrogen and oxygen atoms in total. The lowest BCUT2D eigenvalue weighted by Crippen LogP contribution is -2.04. The molecule has 2 N–H and O–H groups in total. The third kappa shape index (κ3) is 3.31. The minimum absolute atomic E-state index is 0.00671. The van der Waals surface area contributed by atoms with Gasteiger partial charge in [0.2, 0.25) is 0 Å². The molecule has 0 saturated heterocycles. The number of carbonyl (C=O) groups is 1. The van der Waals surface area contributed by atoms with E-state index in [0.29, 0.717) is 22.6 Å². The Balaban J connectivity index is 2.23. The van der Waals surface area contributed by atoms with Crippen LogP contribution in [0.25, 0.3) is 0 Å². The summed E-state index contributed by atoms with van der Waals surface area (Å²) in [6.45, 7) is 1.42. The van der Waals surface area contributed by atoms with Crippen LogP contribution in [0.1, 0.15) is 22.8 Å². The van der Waals surface area contributed by atoms with Crippen LogP contribution in [0.2, 0.25) is 0 Å². The summed E-state index contributed by atoms with van der Waals surface area (Å²) in [5.74, 6) is -0.109. The van der Waals surface area contributed by atoms with E-state index in [1.165, 1.54) is 20.1 Å². The molecule has 0 unspecified atom stereocenters. The molecule has 0 aromatic heterocycles. The molecule has 0 heterocycles. The van der Waals surface area contributed by atoms with Crippen molar-refractivity contribution in [3.63, 3.8) is 0 Å². The van der Waals surface area contributed by atoms with Crippen LogP contribution in [0.3, 0.4) is 0 Å². The van der Waals surface area contributed by atoms with Crippen molar-refractivity contribution in [1.82, 2.24) is 0 Å². The Bertz CT molecular complexity index is 671. The van der Waals surface area contributed by atoms with Gasteiger partial charge in [0.15, 0.2) is 17.3 Å². The number of methoxy groups -OCH3 is 1. The van der Waals surface area contributed by atoms with Gasteiger partial charge < -0.3 is 15.2 Å². The molecule has 0 aliphatic rings. The molecule has 110 valence electrons. The number of Topliss-reactive ketones (excluding diaryl/α,β-unsaturated/α-hetero) is 1. The van der Waals surface area contributed by atoms with E-state index >= 15 is 0 Å². The third-order valence-corrected chi connectivity index (χ3v) is 3.03. The molecular formula is C16H16FNO3. The molecule has 0 bridgehead atoms. The van der Waals surface area contributed by atoms with E-state index in [4.69, 9.17) is 15.2 Å². The first-order valence-corrected chi connectivity index (χ1v) is 6.37. The first-order valence-electron chi connectivity index (χ1n) is 6.37. The van der Waals surface area contributed by atoms with Crippen molar-refractivity contribution in [2.75, 3.05) is 12.8 Å². The number of rotatable bonds is 5. The van der Waals surface area contributed by atoms with Gasteiger partial charge >= 0.3 is 0 Å². The summed E-state index contributed by atoms with van der Waals surface area (Å²) in [5, 5.41) is 0. The van der Waals surface area contributed by atoms with Crippen molar-refractivity contribution in [3.8, 4) is 11.5 Å². The molecule has 0 radical (unpaired) electrons. The van der Waals surface area contributed by atoms with Crippen LogP contribution < -0.4 is 15.2 Å². The Morgan fingerprint density at radius 1 is 1.24 bits per heavy atom. The molecule has 0 saturated carbocycles. The van der Waals surface area contributed by atoms with Crippen LogP contribution in [0.15, 0.2) is 36.4 Å². The lowest BCUT2D eigenvalue weighted by Gasteiger charge is -2.12. The number of carbonyl (C=O) groups excluding carboxylic acids is 1. The molecule has 0 atom stereocenters. The Morgan fingerprint density at radius 2 is 2.00 bits per heavy atom. The largest absolute Gasteiger partial charge is 0.494 e. The minimum Gasteiger partial charge on any atom is -0.494 e. The average Bonchev–Trinajstić information content (AvgIpc) is 2.47. The number of halogens is 1. The van der Waals surface area contributed by atoms with E-state index in [1.807, 2.05) is 0 Å². The van der Waals surface area contributed by atoms with E-state index in [-0.39, 0.29) is 18.1 Å².